The molecular weight excluding hydrogens is 328 g/mol. The van der Waals surface area contributed by atoms with Gasteiger partial charge in [0.25, 0.3) is 0 Å². The average molecular weight is 363 g/mol. The third-order valence-corrected chi connectivity index (χ3v) is 6.42. The lowest BCUT2D eigenvalue weighted by Crippen LogP contribution is -2.36. The number of ketones is 2. The highest BCUT2D eigenvalue weighted by atomic mass is 16.1. The first-order valence-corrected chi connectivity index (χ1v) is 9.99. The van der Waals surface area contributed by atoms with Crippen LogP contribution in [0.3, 0.4) is 0 Å². The maximum atomic E-state index is 12.9. The van der Waals surface area contributed by atoms with Crippen molar-refractivity contribution in [3.05, 3.63) is 11.9 Å². The number of rotatable bonds is 3. The van der Waals surface area contributed by atoms with Crippen LogP contribution in [0.2, 0.25) is 0 Å². The van der Waals surface area contributed by atoms with E-state index in [9.17, 15) is 9.59 Å². The zero-order chi connectivity index (χ0) is 19.2. The Morgan fingerprint density at radius 1 is 1.19 bits per heavy atom. The van der Waals surface area contributed by atoms with E-state index in [0.717, 1.165) is 57.2 Å². The summed E-state index contributed by atoms with van der Waals surface area (Å²) in [5, 5.41) is 8.25. The minimum absolute atomic E-state index is 0.0369. The molecule has 0 amide bonds. The lowest BCUT2D eigenvalue weighted by atomic mass is 9.72. The Hall–Kier alpha value is -1.56. The molecule has 2 atom stereocenters. The van der Waals surface area contributed by atoms with Crippen LogP contribution in [0.5, 0.6) is 0 Å². The zero-order valence-electron chi connectivity index (χ0n) is 16.6. The molecule has 0 radical (unpaired) electrons. The fraction of sp³-hybridized carbons (Fsp3) is 0.800. The van der Waals surface area contributed by atoms with Crippen molar-refractivity contribution >= 4 is 11.6 Å². The van der Waals surface area contributed by atoms with E-state index < -0.39 is 5.41 Å². The SMILES string of the molecule is CC[C@@]1(C)CCCCn2nncc2CCC[C@@](C)(C(=O)CN)CCC1=O. The van der Waals surface area contributed by atoms with E-state index in [4.69, 9.17) is 5.73 Å². The van der Waals surface area contributed by atoms with Crippen LogP contribution in [-0.2, 0) is 22.6 Å². The van der Waals surface area contributed by atoms with Crippen molar-refractivity contribution in [1.82, 2.24) is 15.0 Å². The van der Waals surface area contributed by atoms with E-state index in [1.807, 2.05) is 17.8 Å². The first-order valence-electron chi connectivity index (χ1n) is 9.99. The minimum Gasteiger partial charge on any atom is -0.324 e. The molecule has 26 heavy (non-hydrogen) atoms. The summed E-state index contributed by atoms with van der Waals surface area (Å²) < 4.78 is 1.97. The first kappa shape index (κ1) is 20.7. The number of carbonyl (C=O) groups is 2. The molecule has 2 heterocycles. The van der Waals surface area contributed by atoms with Gasteiger partial charge in [-0.25, -0.2) is 4.68 Å². The molecule has 0 unspecified atom stereocenters. The van der Waals surface area contributed by atoms with Crippen LogP contribution in [0.25, 0.3) is 0 Å². The van der Waals surface area contributed by atoms with Crippen LogP contribution in [-0.4, -0.2) is 33.1 Å². The van der Waals surface area contributed by atoms with Crippen LogP contribution >= 0.6 is 0 Å². The molecule has 2 N–H and O–H groups in total. The Kier molecular flexibility index (Phi) is 7.09. The number of carbonyl (C=O) groups excluding carboxylic acids is 2. The number of Topliss-reactive ketones (excluding diaryl/α,β-unsaturated/α-hetero) is 2. The highest BCUT2D eigenvalue weighted by Gasteiger charge is 2.36. The molecular formula is C20H34N4O2. The monoisotopic (exact) mass is 362 g/mol. The lowest BCUT2D eigenvalue weighted by Gasteiger charge is -2.31. The smallest absolute Gasteiger partial charge is 0.152 e. The van der Waals surface area contributed by atoms with E-state index in [1.54, 1.807) is 0 Å². The molecule has 0 aliphatic carbocycles. The summed E-state index contributed by atoms with van der Waals surface area (Å²) in [6, 6.07) is 0. The zero-order valence-corrected chi connectivity index (χ0v) is 16.6. The summed E-state index contributed by atoms with van der Waals surface area (Å²) in [5.41, 5.74) is 5.96. The Morgan fingerprint density at radius 3 is 2.65 bits per heavy atom. The van der Waals surface area contributed by atoms with E-state index in [2.05, 4.69) is 24.2 Å². The summed E-state index contributed by atoms with van der Waals surface area (Å²) in [7, 11) is 0. The maximum absolute atomic E-state index is 12.9. The molecule has 6 heteroatoms. The number of fused-ring (bicyclic) bond motifs is 1. The fourth-order valence-corrected chi connectivity index (χ4v) is 3.95. The topological polar surface area (TPSA) is 90.9 Å². The van der Waals surface area contributed by atoms with Gasteiger partial charge in [-0.1, -0.05) is 32.4 Å². The second-order valence-electron chi connectivity index (χ2n) is 8.28. The highest BCUT2D eigenvalue weighted by molar-refractivity contribution is 5.88. The predicted octanol–water partition coefficient (Wildman–Crippen LogP) is 3.08. The van der Waals surface area contributed by atoms with Crippen LogP contribution in [0.4, 0.5) is 0 Å². The summed E-state index contributed by atoms with van der Waals surface area (Å²) in [6.45, 7) is 7.00. The second kappa shape index (κ2) is 8.89. The largest absolute Gasteiger partial charge is 0.324 e. The number of aromatic nitrogens is 3. The average Bonchev–Trinajstić information content (AvgIpc) is 3.09. The molecule has 1 aromatic heterocycles. The van der Waals surface area contributed by atoms with Crippen LogP contribution < -0.4 is 5.73 Å². The number of nitrogens with zero attached hydrogens (tertiary/aromatic N) is 3. The van der Waals surface area contributed by atoms with E-state index in [-0.39, 0.29) is 23.5 Å². The van der Waals surface area contributed by atoms with Gasteiger partial charge in [0, 0.05) is 23.8 Å². The summed E-state index contributed by atoms with van der Waals surface area (Å²) >= 11 is 0. The second-order valence-corrected chi connectivity index (χ2v) is 8.28. The highest BCUT2D eigenvalue weighted by Crippen LogP contribution is 2.36. The normalized spacial score (nSPS) is 29.0. The predicted molar refractivity (Wildman–Crippen MR) is 102 cm³/mol. The number of aryl methyl sites for hydroxylation is 2. The van der Waals surface area contributed by atoms with Crippen LogP contribution in [0.15, 0.2) is 6.20 Å². The van der Waals surface area contributed by atoms with Crippen molar-refractivity contribution in [3.8, 4) is 0 Å². The van der Waals surface area contributed by atoms with E-state index in [0.29, 0.717) is 12.8 Å². The van der Waals surface area contributed by atoms with Crippen LogP contribution in [0, 0.1) is 10.8 Å². The summed E-state index contributed by atoms with van der Waals surface area (Å²) in [6.07, 6.45) is 9.06. The first-order chi connectivity index (χ1) is 12.3. The third-order valence-electron chi connectivity index (χ3n) is 6.42. The minimum atomic E-state index is -0.526. The Labute approximate surface area is 156 Å². The molecule has 0 aromatic carbocycles. The number of nitrogens with two attached hydrogens (primary N) is 1. The maximum Gasteiger partial charge on any atom is 0.152 e. The van der Waals surface area contributed by atoms with Crippen molar-refractivity contribution in [1.29, 1.82) is 0 Å². The van der Waals surface area contributed by atoms with Gasteiger partial charge in [-0.05, 0) is 44.9 Å². The fourth-order valence-electron chi connectivity index (χ4n) is 3.95. The van der Waals surface area contributed by atoms with Gasteiger partial charge < -0.3 is 5.73 Å². The van der Waals surface area contributed by atoms with Gasteiger partial charge in [0.2, 0.25) is 0 Å². The van der Waals surface area contributed by atoms with Gasteiger partial charge >= 0.3 is 0 Å². The van der Waals surface area contributed by atoms with Gasteiger partial charge in [-0.2, -0.15) is 0 Å². The Balaban J connectivity index is 2.23. The van der Waals surface area contributed by atoms with Crippen molar-refractivity contribution in [2.75, 3.05) is 6.54 Å². The van der Waals surface area contributed by atoms with E-state index in [1.165, 1.54) is 0 Å². The quantitative estimate of drug-likeness (QED) is 0.892. The van der Waals surface area contributed by atoms with Crippen molar-refractivity contribution in [2.24, 2.45) is 16.6 Å². The summed E-state index contributed by atoms with van der Waals surface area (Å²) in [5.74, 6) is 0.344. The van der Waals surface area contributed by atoms with Crippen molar-refractivity contribution < 1.29 is 9.59 Å². The molecule has 6 nitrogen and oxygen atoms in total. The Bertz CT molecular complexity index is 627. The number of hydrogen-bond acceptors (Lipinski definition) is 5. The molecule has 1 aliphatic heterocycles. The van der Waals surface area contributed by atoms with Gasteiger partial charge in [0.15, 0.2) is 5.78 Å². The standard InChI is InChI=1S/C20H34N4O2/c1-4-19(2)10-5-6-13-24-16(15-22-23-24)8-7-11-20(3,18(26)14-21)12-9-17(19)25/h15H,4-14,21H2,1-3H3/t19-,20+/m0/s1. The van der Waals surface area contributed by atoms with Gasteiger partial charge in [-0.3, -0.25) is 9.59 Å². The molecule has 146 valence electrons. The molecule has 1 aliphatic rings. The Morgan fingerprint density at radius 2 is 1.96 bits per heavy atom. The van der Waals surface area contributed by atoms with Crippen molar-refractivity contribution in [2.45, 2.75) is 85.1 Å². The number of hydrogen-bond donors (Lipinski definition) is 1. The lowest BCUT2D eigenvalue weighted by molar-refractivity contribution is -0.131. The molecule has 0 saturated carbocycles. The summed E-state index contributed by atoms with van der Waals surface area (Å²) in [4.78, 5) is 25.4. The molecule has 1 aromatic rings. The van der Waals surface area contributed by atoms with Gasteiger partial charge in [-0.15, -0.1) is 5.10 Å². The van der Waals surface area contributed by atoms with Gasteiger partial charge in [0.05, 0.1) is 18.4 Å². The van der Waals surface area contributed by atoms with E-state index >= 15 is 0 Å². The molecule has 0 bridgehead atoms. The van der Waals surface area contributed by atoms with Gasteiger partial charge in [0.1, 0.15) is 5.78 Å². The third kappa shape index (κ3) is 4.78. The molecule has 2 rings (SSSR count). The molecule has 0 spiro atoms. The van der Waals surface area contributed by atoms with Crippen LogP contribution in [0.1, 0.15) is 77.8 Å². The van der Waals surface area contributed by atoms with Crippen molar-refractivity contribution in [3.63, 3.8) is 0 Å². The molecule has 0 saturated heterocycles. The molecule has 0 fully saturated rings.